The van der Waals surface area contributed by atoms with E-state index >= 15 is 0 Å². The van der Waals surface area contributed by atoms with Gasteiger partial charge in [-0.3, -0.25) is 10.1 Å². The van der Waals surface area contributed by atoms with Crippen LogP contribution >= 0.6 is 0 Å². The van der Waals surface area contributed by atoms with Crippen LogP contribution in [0.5, 0.6) is 0 Å². The molecule has 0 spiro atoms. The van der Waals surface area contributed by atoms with Crippen molar-refractivity contribution in [3.05, 3.63) is 36.5 Å². The number of hydrogen-bond donors (Lipinski definition) is 3. The van der Waals surface area contributed by atoms with Crippen LogP contribution in [0, 0.1) is 0 Å². The highest BCUT2D eigenvalue weighted by Gasteiger charge is 2.38. The molecular weight excluding hydrogens is 230 g/mol. The second-order valence-corrected chi connectivity index (χ2v) is 4.45. The van der Waals surface area contributed by atoms with Gasteiger partial charge in [-0.1, -0.05) is 37.8 Å². The molecule has 0 radical (unpaired) electrons. The number of allylic oxidation sites excluding steroid dienone is 4. The third-order valence-corrected chi connectivity index (χ3v) is 3.20. The Morgan fingerprint density at radius 3 is 2.83 bits per heavy atom. The van der Waals surface area contributed by atoms with Gasteiger partial charge in [0.25, 0.3) is 0 Å². The van der Waals surface area contributed by atoms with Crippen LogP contribution in [-0.4, -0.2) is 27.9 Å². The fourth-order valence-corrected chi connectivity index (χ4v) is 2.23. The van der Waals surface area contributed by atoms with Gasteiger partial charge < -0.3 is 10.2 Å². The molecule has 0 aromatic heterocycles. The van der Waals surface area contributed by atoms with Crippen molar-refractivity contribution < 1.29 is 15.0 Å². The molecule has 1 aliphatic heterocycles. The van der Waals surface area contributed by atoms with E-state index in [-0.39, 0.29) is 0 Å². The largest absolute Gasteiger partial charge is 0.480 e. The maximum absolute atomic E-state index is 11.0. The Balaban J connectivity index is 2.88. The third-order valence-electron chi connectivity index (χ3n) is 3.20. The summed E-state index contributed by atoms with van der Waals surface area (Å²) >= 11 is 0. The molecule has 1 heterocycles. The van der Waals surface area contributed by atoms with Gasteiger partial charge in [-0.05, 0) is 31.3 Å². The summed E-state index contributed by atoms with van der Waals surface area (Å²) in [4.78, 5) is 11.0. The Morgan fingerprint density at radius 2 is 2.28 bits per heavy atom. The van der Waals surface area contributed by atoms with Crippen molar-refractivity contribution in [3.8, 4) is 0 Å². The smallest absolute Gasteiger partial charge is 0.320 e. The zero-order valence-electron chi connectivity index (χ0n) is 10.7. The lowest BCUT2D eigenvalue weighted by Crippen LogP contribution is -2.57. The van der Waals surface area contributed by atoms with Crippen molar-refractivity contribution in [3.63, 3.8) is 0 Å². The van der Waals surface area contributed by atoms with Gasteiger partial charge in [-0.15, -0.1) is 0 Å². The zero-order valence-corrected chi connectivity index (χ0v) is 10.7. The molecule has 1 rings (SSSR count). The molecule has 18 heavy (non-hydrogen) atoms. The highest BCUT2D eigenvalue weighted by Crippen LogP contribution is 2.29. The highest BCUT2D eigenvalue weighted by atomic mass is 16.4. The Hall–Kier alpha value is -1.39. The van der Waals surface area contributed by atoms with Gasteiger partial charge in [0, 0.05) is 0 Å². The second-order valence-electron chi connectivity index (χ2n) is 4.45. The molecule has 0 bridgehead atoms. The molecule has 1 aliphatic rings. The maximum Gasteiger partial charge on any atom is 0.320 e. The quantitative estimate of drug-likeness (QED) is 0.653. The van der Waals surface area contributed by atoms with Crippen LogP contribution in [0.3, 0.4) is 0 Å². The lowest BCUT2D eigenvalue weighted by atomic mass is 9.88. The van der Waals surface area contributed by atoms with Crippen LogP contribution in [0.15, 0.2) is 36.5 Å². The first-order valence-electron chi connectivity index (χ1n) is 6.25. The molecule has 4 heteroatoms. The predicted octanol–water partition coefficient (Wildman–Crippen LogP) is 1.98. The van der Waals surface area contributed by atoms with Crippen molar-refractivity contribution in [1.29, 1.82) is 0 Å². The maximum atomic E-state index is 11.0. The van der Waals surface area contributed by atoms with Gasteiger partial charge in [0.15, 0.2) is 0 Å². The van der Waals surface area contributed by atoms with Crippen molar-refractivity contribution in [2.45, 2.75) is 44.4 Å². The molecule has 0 aromatic carbocycles. The molecule has 0 aliphatic carbocycles. The van der Waals surface area contributed by atoms with E-state index in [2.05, 4.69) is 11.9 Å². The van der Waals surface area contributed by atoms with E-state index in [1.807, 2.05) is 13.0 Å². The molecule has 0 amide bonds. The molecule has 1 saturated heterocycles. The SMILES string of the molecule is C=C/C=C\C=C(/CC)C1(O)CCCC(C(=O)O)N1. The summed E-state index contributed by atoms with van der Waals surface area (Å²) in [5, 5.41) is 22.4. The third kappa shape index (κ3) is 3.55. The van der Waals surface area contributed by atoms with Crippen molar-refractivity contribution >= 4 is 5.97 Å². The summed E-state index contributed by atoms with van der Waals surface area (Å²) in [6.45, 7) is 5.52. The van der Waals surface area contributed by atoms with Gasteiger partial charge in [-0.2, -0.15) is 0 Å². The fraction of sp³-hybridized carbons (Fsp3) is 0.500. The van der Waals surface area contributed by atoms with Crippen molar-refractivity contribution in [2.75, 3.05) is 0 Å². The van der Waals surface area contributed by atoms with E-state index in [4.69, 9.17) is 5.11 Å². The van der Waals surface area contributed by atoms with Crippen LogP contribution in [0.4, 0.5) is 0 Å². The van der Waals surface area contributed by atoms with Gasteiger partial charge >= 0.3 is 5.97 Å². The van der Waals surface area contributed by atoms with Crippen LogP contribution in [0.2, 0.25) is 0 Å². The number of rotatable bonds is 5. The molecule has 2 unspecified atom stereocenters. The van der Waals surface area contributed by atoms with Crippen molar-refractivity contribution in [2.24, 2.45) is 0 Å². The van der Waals surface area contributed by atoms with E-state index in [0.29, 0.717) is 25.7 Å². The monoisotopic (exact) mass is 251 g/mol. The molecule has 0 aromatic rings. The normalized spacial score (nSPS) is 29.4. The summed E-state index contributed by atoms with van der Waals surface area (Å²) < 4.78 is 0. The van der Waals surface area contributed by atoms with Gasteiger partial charge in [0.2, 0.25) is 0 Å². The molecule has 2 atom stereocenters. The number of aliphatic hydroxyl groups is 1. The van der Waals surface area contributed by atoms with Crippen LogP contribution < -0.4 is 5.32 Å². The zero-order chi connectivity index (χ0) is 13.6. The topological polar surface area (TPSA) is 69.6 Å². The average Bonchev–Trinajstić information content (AvgIpc) is 2.34. The highest BCUT2D eigenvalue weighted by molar-refractivity contribution is 5.73. The first-order valence-corrected chi connectivity index (χ1v) is 6.25. The van der Waals surface area contributed by atoms with Crippen LogP contribution in [-0.2, 0) is 4.79 Å². The molecule has 4 nitrogen and oxygen atoms in total. The number of carboxylic acids is 1. The van der Waals surface area contributed by atoms with E-state index in [9.17, 15) is 9.90 Å². The molecular formula is C14H21NO3. The Labute approximate surface area is 108 Å². The number of aliphatic carboxylic acids is 1. The fourth-order valence-electron chi connectivity index (χ4n) is 2.23. The molecule has 100 valence electrons. The van der Waals surface area contributed by atoms with E-state index in [0.717, 1.165) is 5.57 Å². The van der Waals surface area contributed by atoms with E-state index < -0.39 is 17.7 Å². The number of carboxylic acid groups (broad SMARTS) is 1. The standard InChI is InChI=1S/C14H21NO3/c1-3-5-6-8-11(4-2)14(18)10-7-9-12(15-14)13(16)17/h3,5-6,8,12,15,18H,1,4,7,9-10H2,2H3,(H,16,17)/b6-5-,11-8+. The van der Waals surface area contributed by atoms with Crippen LogP contribution in [0.1, 0.15) is 32.6 Å². The summed E-state index contributed by atoms with van der Waals surface area (Å²) in [5.41, 5.74) is -0.409. The summed E-state index contributed by atoms with van der Waals surface area (Å²) in [6, 6.07) is -0.679. The first kappa shape index (κ1) is 14.7. The minimum atomic E-state index is -1.21. The average molecular weight is 251 g/mol. The lowest BCUT2D eigenvalue weighted by molar-refractivity contribution is -0.143. The Kier molecular flexibility index (Phi) is 5.31. The Bertz CT molecular complexity index is 373. The Morgan fingerprint density at radius 1 is 1.56 bits per heavy atom. The number of piperidine rings is 1. The summed E-state index contributed by atoms with van der Waals surface area (Å²) in [5.74, 6) is -0.912. The van der Waals surface area contributed by atoms with Crippen molar-refractivity contribution in [1.82, 2.24) is 5.32 Å². The van der Waals surface area contributed by atoms with Gasteiger partial charge in [0.1, 0.15) is 11.8 Å². The summed E-state index contributed by atoms with van der Waals surface area (Å²) in [6.07, 6.45) is 9.50. The van der Waals surface area contributed by atoms with Gasteiger partial charge in [-0.25, -0.2) is 0 Å². The lowest BCUT2D eigenvalue weighted by Gasteiger charge is -2.38. The summed E-state index contributed by atoms with van der Waals surface area (Å²) in [7, 11) is 0. The minimum Gasteiger partial charge on any atom is -0.480 e. The minimum absolute atomic E-state index is 0.540. The second kappa shape index (κ2) is 6.52. The number of hydrogen-bond acceptors (Lipinski definition) is 3. The molecule has 0 saturated carbocycles. The van der Waals surface area contributed by atoms with E-state index in [1.165, 1.54) is 0 Å². The predicted molar refractivity (Wildman–Crippen MR) is 71.1 cm³/mol. The first-order chi connectivity index (χ1) is 8.53. The van der Waals surface area contributed by atoms with Crippen LogP contribution in [0.25, 0.3) is 0 Å². The van der Waals surface area contributed by atoms with E-state index in [1.54, 1.807) is 18.2 Å². The molecule has 1 fully saturated rings. The number of carbonyl (C=O) groups is 1. The number of nitrogens with one attached hydrogen (secondary N) is 1. The molecule has 3 N–H and O–H groups in total. The van der Waals surface area contributed by atoms with Gasteiger partial charge in [0.05, 0.1) is 0 Å².